The van der Waals surface area contributed by atoms with Gasteiger partial charge in [-0.05, 0) is 49.6 Å². The molecule has 0 saturated carbocycles. The van der Waals surface area contributed by atoms with E-state index in [0.29, 0.717) is 44.0 Å². The number of halogens is 1. The molecule has 2 aromatic carbocycles. The molecule has 2 heterocycles. The number of aryl methyl sites for hydroxylation is 1. The van der Waals surface area contributed by atoms with E-state index in [-0.39, 0.29) is 17.6 Å². The fourth-order valence-corrected chi connectivity index (χ4v) is 3.98. The highest BCUT2D eigenvalue weighted by molar-refractivity contribution is 5.89. The Morgan fingerprint density at radius 1 is 1.16 bits per heavy atom. The zero-order chi connectivity index (χ0) is 21.8. The highest BCUT2D eigenvalue weighted by atomic mass is 19.1. The van der Waals surface area contributed by atoms with Gasteiger partial charge in [-0.15, -0.1) is 0 Å². The second kappa shape index (κ2) is 9.16. The van der Waals surface area contributed by atoms with Crippen LogP contribution in [0.4, 0.5) is 20.7 Å². The summed E-state index contributed by atoms with van der Waals surface area (Å²) in [5.41, 5.74) is 1.99. The number of urea groups is 1. The second-order valence-electron chi connectivity index (χ2n) is 7.75. The van der Waals surface area contributed by atoms with Gasteiger partial charge in [0.25, 0.3) is 5.56 Å². The van der Waals surface area contributed by atoms with Crippen molar-refractivity contribution in [2.75, 3.05) is 23.3 Å². The highest BCUT2D eigenvalue weighted by Crippen LogP contribution is 2.19. The largest absolute Gasteiger partial charge is 0.352 e. The molecule has 0 spiro atoms. The monoisotopic (exact) mass is 423 g/mol. The van der Waals surface area contributed by atoms with E-state index in [4.69, 9.17) is 0 Å². The van der Waals surface area contributed by atoms with E-state index in [2.05, 4.69) is 15.6 Å². The minimum Gasteiger partial charge on any atom is -0.352 e. The summed E-state index contributed by atoms with van der Waals surface area (Å²) in [4.78, 5) is 32.0. The number of carbonyl (C=O) groups excluding carboxylic acids is 1. The van der Waals surface area contributed by atoms with Crippen LogP contribution in [0.3, 0.4) is 0 Å². The lowest BCUT2D eigenvalue weighted by Crippen LogP contribution is -2.47. The third-order valence-electron chi connectivity index (χ3n) is 5.49. The molecule has 1 aromatic heterocycles. The van der Waals surface area contributed by atoms with Gasteiger partial charge in [-0.1, -0.05) is 25.1 Å². The number of fused-ring (bicyclic) bond motifs is 1. The number of benzene rings is 2. The summed E-state index contributed by atoms with van der Waals surface area (Å²) >= 11 is 0. The molecule has 0 bridgehead atoms. The van der Waals surface area contributed by atoms with Crippen molar-refractivity contribution >= 4 is 28.6 Å². The van der Waals surface area contributed by atoms with Crippen molar-refractivity contribution in [1.29, 1.82) is 0 Å². The average molecular weight is 423 g/mol. The van der Waals surface area contributed by atoms with Crippen molar-refractivity contribution < 1.29 is 9.18 Å². The second-order valence-corrected chi connectivity index (χ2v) is 7.75. The van der Waals surface area contributed by atoms with Crippen molar-refractivity contribution in [3.05, 3.63) is 64.7 Å². The van der Waals surface area contributed by atoms with E-state index < -0.39 is 5.82 Å². The molecule has 8 heteroatoms. The maximum atomic E-state index is 13.3. The fourth-order valence-electron chi connectivity index (χ4n) is 3.98. The molecule has 1 saturated heterocycles. The minimum atomic E-state index is -0.400. The van der Waals surface area contributed by atoms with E-state index in [9.17, 15) is 14.0 Å². The summed E-state index contributed by atoms with van der Waals surface area (Å²) in [6, 6.07) is 13.1. The van der Waals surface area contributed by atoms with Crippen LogP contribution < -0.4 is 21.1 Å². The zero-order valence-corrected chi connectivity index (χ0v) is 17.5. The number of nitrogens with zero attached hydrogens (tertiary/aromatic N) is 3. The van der Waals surface area contributed by atoms with Gasteiger partial charge < -0.3 is 20.1 Å². The Balaban J connectivity index is 1.43. The standard InChI is InChI=1S/C23H26FN5O2/c1-2-12-29-20-9-4-3-8-19(20)27-21(22(29)30)28-13-10-17(11-14-28)25-23(31)26-18-7-5-6-16(24)15-18/h3-9,15,17H,2,10-14H2,1H3,(H2,25,26,31). The van der Waals surface area contributed by atoms with Gasteiger partial charge in [0, 0.05) is 31.4 Å². The predicted molar refractivity (Wildman–Crippen MR) is 120 cm³/mol. The smallest absolute Gasteiger partial charge is 0.319 e. The summed E-state index contributed by atoms with van der Waals surface area (Å²) in [5, 5.41) is 5.59. The summed E-state index contributed by atoms with van der Waals surface area (Å²) in [6.07, 6.45) is 2.25. The molecule has 162 valence electrons. The first-order valence-electron chi connectivity index (χ1n) is 10.6. The van der Waals surface area contributed by atoms with E-state index in [1.54, 1.807) is 16.7 Å². The lowest BCUT2D eigenvalue weighted by molar-refractivity contribution is 0.246. The number of rotatable bonds is 5. The molecule has 1 aliphatic rings. The molecule has 0 aliphatic carbocycles. The molecule has 7 nitrogen and oxygen atoms in total. The Hall–Kier alpha value is -3.42. The number of hydrogen-bond donors (Lipinski definition) is 2. The minimum absolute atomic E-state index is 0.0249. The summed E-state index contributed by atoms with van der Waals surface area (Å²) < 4.78 is 15.1. The van der Waals surface area contributed by atoms with Gasteiger partial charge in [-0.2, -0.15) is 0 Å². The Morgan fingerprint density at radius 2 is 1.94 bits per heavy atom. The fraction of sp³-hybridized carbons (Fsp3) is 0.348. The number of nitrogens with one attached hydrogen (secondary N) is 2. The SMILES string of the molecule is CCCn1c(=O)c(N2CCC(NC(=O)Nc3cccc(F)c3)CC2)nc2ccccc21. The molecule has 3 aromatic rings. The molecule has 1 aliphatic heterocycles. The van der Waals surface area contributed by atoms with Crippen LogP contribution in [0.5, 0.6) is 0 Å². The van der Waals surface area contributed by atoms with Crippen LogP contribution in [0, 0.1) is 5.82 Å². The number of para-hydroxylation sites is 2. The van der Waals surface area contributed by atoms with Crippen LogP contribution in [0.15, 0.2) is 53.3 Å². The molecule has 2 amide bonds. The van der Waals surface area contributed by atoms with E-state index in [0.717, 1.165) is 17.5 Å². The van der Waals surface area contributed by atoms with Crippen LogP contribution in [0.25, 0.3) is 11.0 Å². The van der Waals surface area contributed by atoms with Crippen molar-refractivity contribution in [2.24, 2.45) is 0 Å². The van der Waals surface area contributed by atoms with Crippen LogP contribution in [-0.4, -0.2) is 34.7 Å². The molecule has 31 heavy (non-hydrogen) atoms. The van der Waals surface area contributed by atoms with Gasteiger partial charge >= 0.3 is 6.03 Å². The van der Waals surface area contributed by atoms with Crippen molar-refractivity contribution in [1.82, 2.24) is 14.9 Å². The van der Waals surface area contributed by atoms with Gasteiger partial charge in [0.1, 0.15) is 5.82 Å². The third kappa shape index (κ3) is 4.68. The first-order chi connectivity index (χ1) is 15.0. The van der Waals surface area contributed by atoms with Gasteiger partial charge in [0.15, 0.2) is 5.82 Å². The third-order valence-corrected chi connectivity index (χ3v) is 5.49. The zero-order valence-electron chi connectivity index (χ0n) is 17.5. The lowest BCUT2D eigenvalue weighted by Gasteiger charge is -2.33. The number of piperidine rings is 1. The topological polar surface area (TPSA) is 79.3 Å². The van der Waals surface area contributed by atoms with Crippen molar-refractivity contribution in [3.8, 4) is 0 Å². The molecule has 2 N–H and O–H groups in total. The number of amides is 2. The molecule has 0 unspecified atom stereocenters. The van der Waals surface area contributed by atoms with Crippen LogP contribution in [0.2, 0.25) is 0 Å². The van der Waals surface area contributed by atoms with Crippen LogP contribution in [-0.2, 0) is 6.54 Å². The van der Waals surface area contributed by atoms with Gasteiger partial charge in [-0.25, -0.2) is 14.2 Å². The first-order valence-corrected chi connectivity index (χ1v) is 10.6. The van der Waals surface area contributed by atoms with Crippen LogP contribution >= 0.6 is 0 Å². The number of aromatic nitrogens is 2. The van der Waals surface area contributed by atoms with Crippen molar-refractivity contribution in [2.45, 2.75) is 38.8 Å². The maximum absolute atomic E-state index is 13.3. The van der Waals surface area contributed by atoms with Gasteiger partial charge in [-0.3, -0.25) is 4.79 Å². The molecule has 0 atom stereocenters. The quantitative estimate of drug-likeness (QED) is 0.655. The van der Waals surface area contributed by atoms with E-state index in [1.807, 2.05) is 36.1 Å². The summed E-state index contributed by atoms with van der Waals surface area (Å²) in [6.45, 7) is 3.94. The van der Waals surface area contributed by atoms with Gasteiger partial charge in [0.2, 0.25) is 0 Å². The first kappa shape index (κ1) is 20.8. The Kier molecular flexibility index (Phi) is 6.16. The predicted octanol–water partition coefficient (Wildman–Crippen LogP) is 3.74. The molecule has 1 fully saturated rings. The van der Waals surface area contributed by atoms with Crippen LogP contribution in [0.1, 0.15) is 26.2 Å². The molecule has 4 rings (SSSR count). The molecular weight excluding hydrogens is 397 g/mol. The van der Waals surface area contributed by atoms with E-state index in [1.165, 1.54) is 12.1 Å². The number of carbonyl (C=O) groups is 1. The molecular formula is C23H26FN5O2. The molecule has 0 radical (unpaired) electrons. The summed E-state index contributed by atoms with van der Waals surface area (Å²) in [7, 11) is 0. The van der Waals surface area contributed by atoms with Gasteiger partial charge in [0.05, 0.1) is 11.0 Å². The van der Waals surface area contributed by atoms with E-state index >= 15 is 0 Å². The normalized spacial score (nSPS) is 14.6. The maximum Gasteiger partial charge on any atom is 0.319 e. The number of hydrogen-bond acceptors (Lipinski definition) is 4. The Bertz CT molecular complexity index is 1140. The Labute approximate surface area is 179 Å². The van der Waals surface area contributed by atoms with Crippen molar-refractivity contribution in [3.63, 3.8) is 0 Å². The average Bonchev–Trinajstić information content (AvgIpc) is 2.76. The number of anilines is 2. The summed E-state index contributed by atoms with van der Waals surface area (Å²) in [5.74, 6) is 0.0672. The lowest BCUT2D eigenvalue weighted by atomic mass is 10.1. The Morgan fingerprint density at radius 3 is 2.68 bits per heavy atom. The highest BCUT2D eigenvalue weighted by Gasteiger charge is 2.24.